The fraction of sp³-hybridized carbons (Fsp3) is 0.789. The van der Waals surface area contributed by atoms with Gasteiger partial charge in [0, 0.05) is 63.7 Å². The molecule has 0 aliphatic carbocycles. The molecule has 148 valence electrons. The molecule has 2 N–H and O–H groups in total. The van der Waals surface area contributed by atoms with E-state index in [0.717, 1.165) is 57.3 Å². The Morgan fingerprint density at radius 2 is 1.88 bits per heavy atom. The molecule has 2 rings (SSSR count). The smallest absolute Gasteiger partial charge is 0.191 e. The van der Waals surface area contributed by atoms with E-state index in [4.69, 9.17) is 0 Å². The summed E-state index contributed by atoms with van der Waals surface area (Å²) < 4.78 is 0. The van der Waals surface area contributed by atoms with Crippen LogP contribution < -0.4 is 10.6 Å². The van der Waals surface area contributed by atoms with Crippen molar-refractivity contribution < 1.29 is 0 Å². The van der Waals surface area contributed by atoms with Gasteiger partial charge in [0.25, 0.3) is 0 Å². The van der Waals surface area contributed by atoms with Crippen LogP contribution in [-0.4, -0.2) is 80.1 Å². The Morgan fingerprint density at radius 3 is 2.42 bits per heavy atom. The number of nitrogens with zero attached hydrogens (tertiary/aromatic N) is 4. The largest absolute Gasteiger partial charge is 0.356 e. The van der Waals surface area contributed by atoms with Gasteiger partial charge in [-0.05, 0) is 26.8 Å². The molecule has 1 saturated heterocycles. The van der Waals surface area contributed by atoms with Gasteiger partial charge >= 0.3 is 0 Å². The lowest BCUT2D eigenvalue weighted by Gasteiger charge is -2.40. The number of rotatable bonds is 7. The number of guanidine groups is 1. The lowest BCUT2D eigenvalue weighted by molar-refractivity contribution is 0.0900. The zero-order chi connectivity index (χ0) is 19.1. The molecule has 1 aromatic rings. The van der Waals surface area contributed by atoms with Crippen molar-refractivity contribution in [2.75, 3.05) is 53.4 Å². The highest BCUT2D eigenvalue weighted by atomic mass is 32.1. The average molecular weight is 381 g/mol. The molecule has 1 aliphatic rings. The van der Waals surface area contributed by atoms with Crippen molar-refractivity contribution in [3.8, 4) is 0 Å². The van der Waals surface area contributed by atoms with Gasteiger partial charge in [0.2, 0.25) is 0 Å². The number of aliphatic imine (C=N–C) groups is 1. The lowest BCUT2D eigenvalue weighted by atomic mass is 10.0. The first-order valence-electron chi connectivity index (χ1n) is 9.70. The summed E-state index contributed by atoms with van der Waals surface area (Å²) in [6, 6.07) is 0.534. The maximum atomic E-state index is 4.61. The van der Waals surface area contributed by atoms with E-state index in [1.165, 1.54) is 9.88 Å². The first kappa shape index (κ1) is 21.1. The molecule has 2 heterocycles. The second-order valence-corrected chi connectivity index (χ2v) is 8.82. The molecule has 7 heteroatoms. The van der Waals surface area contributed by atoms with Gasteiger partial charge in [-0.1, -0.05) is 13.8 Å². The van der Waals surface area contributed by atoms with Crippen molar-refractivity contribution >= 4 is 17.3 Å². The summed E-state index contributed by atoms with van der Waals surface area (Å²) in [6.07, 6.45) is 0.937. The minimum atomic E-state index is 0.534. The van der Waals surface area contributed by atoms with E-state index in [1.54, 1.807) is 11.3 Å². The van der Waals surface area contributed by atoms with Crippen molar-refractivity contribution in [1.29, 1.82) is 0 Å². The van der Waals surface area contributed by atoms with Crippen molar-refractivity contribution in [2.45, 2.75) is 40.2 Å². The van der Waals surface area contributed by atoms with Gasteiger partial charge < -0.3 is 15.5 Å². The molecule has 1 unspecified atom stereocenters. The minimum absolute atomic E-state index is 0.534. The monoisotopic (exact) mass is 380 g/mol. The average Bonchev–Trinajstić information content (AvgIpc) is 2.92. The van der Waals surface area contributed by atoms with Crippen molar-refractivity contribution in [2.24, 2.45) is 10.9 Å². The summed E-state index contributed by atoms with van der Waals surface area (Å²) in [7, 11) is 4.05. The van der Waals surface area contributed by atoms with E-state index in [2.05, 4.69) is 65.2 Å². The standard InChI is InChI=1S/C19H36N6S/c1-14(2)17(25-11-9-24(6)10-12-25)13-22-19(20-5)21-8-7-18-23-15(3)16(4)26-18/h14,17H,7-13H2,1-6H3,(H2,20,21,22). The third-order valence-corrected chi connectivity index (χ3v) is 6.32. The van der Waals surface area contributed by atoms with Crippen LogP contribution in [0.15, 0.2) is 4.99 Å². The first-order chi connectivity index (χ1) is 12.4. The number of aryl methyl sites for hydroxylation is 2. The second-order valence-electron chi connectivity index (χ2n) is 7.53. The Hall–Kier alpha value is -1.18. The normalized spacial score (nSPS) is 18.3. The summed E-state index contributed by atoms with van der Waals surface area (Å²) in [4.78, 5) is 15.3. The van der Waals surface area contributed by atoms with Crippen LogP contribution in [0.5, 0.6) is 0 Å². The second kappa shape index (κ2) is 10.2. The summed E-state index contributed by atoms with van der Waals surface area (Å²) in [5, 5.41) is 8.15. The molecule has 1 aromatic heterocycles. The quantitative estimate of drug-likeness (QED) is 0.557. The molecule has 0 spiro atoms. The molecule has 6 nitrogen and oxygen atoms in total. The Kier molecular flexibility index (Phi) is 8.31. The van der Waals surface area contributed by atoms with Crippen molar-refractivity contribution in [3.05, 3.63) is 15.6 Å². The molecule has 0 aromatic carbocycles. The molecular formula is C19H36N6S. The molecule has 0 saturated carbocycles. The van der Waals surface area contributed by atoms with Crippen LogP contribution in [0.3, 0.4) is 0 Å². The van der Waals surface area contributed by atoms with E-state index in [1.807, 2.05) is 7.05 Å². The molecule has 1 aliphatic heterocycles. The third kappa shape index (κ3) is 6.21. The fourth-order valence-corrected chi connectivity index (χ4v) is 4.23. The Morgan fingerprint density at radius 1 is 1.19 bits per heavy atom. The highest BCUT2D eigenvalue weighted by molar-refractivity contribution is 7.11. The van der Waals surface area contributed by atoms with E-state index >= 15 is 0 Å². The number of likely N-dealkylation sites (N-methyl/N-ethyl adjacent to an activating group) is 1. The molecule has 0 bridgehead atoms. The molecule has 0 radical (unpaired) electrons. The van der Waals surface area contributed by atoms with Gasteiger partial charge in [-0.15, -0.1) is 11.3 Å². The number of nitrogens with one attached hydrogen (secondary N) is 2. The summed E-state index contributed by atoms with van der Waals surface area (Å²) in [5.74, 6) is 1.50. The van der Waals surface area contributed by atoms with Crippen LogP contribution in [0, 0.1) is 19.8 Å². The Bertz CT molecular complexity index is 555. The summed E-state index contributed by atoms with van der Waals surface area (Å²) in [5.41, 5.74) is 1.15. The van der Waals surface area contributed by atoms with Crippen LogP contribution in [0.1, 0.15) is 29.4 Å². The van der Waals surface area contributed by atoms with E-state index < -0.39 is 0 Å². The number of piperazine rings is 1. The van der Waals surface area contributed by atoms with Crippen LogP contribution in [0.4, 0.5) is 0 Å². The van der Waals surface area contributed by atoms with Crippen LogP contribution >= 0.6 is 11.3 Å². The first-order valence-corrected chi connectivity index (χ1v) is 10.5. The maximum Gasteiger partial charge on any atom is 0.191 e. The van der Waals surface area contributed by atoms with Crippen molar-refractivity contribution in [3.63, 3.8) is 0 Å². The van der Waals surface area contributed by atoms with E-state index in [-0.39, 0.29) is 0 Å². The molecule has 1 fully saturated rings. The highest BCUT2D eigenvalue weighted by Gasteiger charge is 2.25. The Labute approximate surface area is 163 Å². The number of thiazole rings is 1. The SMILES string of the molecule is CN=C(NCCc1nc(C)c(C)s1)NCC(C(C)C)N1CCN(C)CC1. The number of hydrogen-bond acceptors (Lipinski definition) is 5. The lowest BCUT2D eigenvalue weighted by Crippen LogP contribution is -2.55. The van der Waals surface area contributed by atoms with Gasteiger partial charge in [-0.25, -0.2) is 4.98 Å². The zero-order valence-electron chi connectivity index (χ0n) is 17.3. The maximum absolute atomic E-state index is 4.61. The predicted octanol–water partition coefficient (Wildman–Crippen LogP) is 1.74. The van der Waals surface area contributed by atoms with E-state index in [9.17, 15) is 0 Å². The Balaban J connectivity index is 1.78. The number of aromatic nitrogens is 1. The summed E-state index contributed by atoms with van der Waals surface area (Å²) in [6.45, 7) is 15.2. The van der Waals surface area contributed by atoms with Crippen LogP contribution in [-0.2, 0) is 6.42 Å². The number of hydrogen-bond donors (Lipinski definition) is 2. The molecule has 0 amide bonds. The van der Waals surface area contributed by atoms with Gasteiger partial charge in [-0.2, -0.15) is 0 Å². The van der Waals surface area contributed by atoms with Gasteiger partial charge in [-0.3, -0.25) is 9.89 Å². The molecule has 1 atom stereocenters. The topological polar surface area (TPSA) is 55.8 Å². The molecular weight excluding hydrogens is 344 g/mol. The third-order valence-electron chi connectivity index (χ3n) is 5.18. The zero-order valence-corrected chi connectivity index (χ0v) is 18.1. The molecule has 26 heavy (non-hydrogen) atoms. The van der Waals surface area contributed by atoms with E-state index in [0.29, 0.717) is 12.0 Å². The van der Waals surface area contributed by atoms with Gasteiger partial charge in [0.05, 0.1) is 10.7 Å². The van der Waals surface area contributed by atoms with Crippen molar-refractivity contribution in [1.82, 2.24) is 25.4 Å². The van der Waals surface area contributed by atoms with Crippen LogP contribution in [0.2, 0.25) is 0 Å². The van der Waals surface area contributed by atoms with Crippen LogP contribution in [0.25, 0.3) is 0 Å². The minimum Gasteiger partial charge on any atom is -0.356 e. The van der Waals surface area contributed by atoms with Gasteiger partial charge in [0.15, 0.2) is 5.96 Å². The van der Waals surface area contributed by atoms with Gasteiger partial charge in [0.1, 0.15) is 0 Å². The summed E-state index contributed by atoms with van der Waals surface area (Å²) >= 11 is 1.79. The predicted molar refractivity (Wildman–Crippen MR) is 112 cm³/mol. The highest BCUT2D eigenvalue weighted by Crippen LogP contribution is 2.16. The fourth-order valence-electron chi connectivity index (χ4n) is 3.30.